The van der Waals surface area contributed by atoms with Crippen molar-refractivity contribution >= 4 is 22.6 Å². The smallest absolute Gasteiger partial charge is 0.340 e. The van der Waals surface area contributed by atoms with Crippen LogP contribution in [0.3, 0.4) is 0 Å². The van der Waals surface area contributed by atoms with Gasteiger partial charge in [0.2, 0.25) is 0 Å². The molecule has 3 rings (SSSR count). The van der Waals surface area contributed by atoms with Crippen LogP contribution in [0.2, 0.25) is 5.02 Å². The molecule has 0 fully saturated rings. The average Bonchev–Trinajstić information content (AvgIpc) is 2.44. The first kappa shape index (κ1) is 14.7. The minimum absolute atomic E-state index is 0.133. The van der Waals surface area contributed by atoms with Gasteiger partial charge in [0, 0.05) is 17.0 Å². The van der Waals surface area contributed by atoms with Gasteiger partial charge in [0.25, 0.3) is 0 Å². The van der Waals surface area contributed by atoms with E-state index in [0.717, 1.165) is 16.7 Å². The molecule has 2 aromatic carbocycles. The van der Waals surface area contributed by atoms with Crippen molar-refractivity contribution in [1.29, 1.82) is 0 Å². The van der Waals surface area contributed by atoms with Gasteiger partial charge in [-0.2, -0.15) is 0 Å². The van der Waals surface area contributed by atoms with Crippen molar-refractivity contribution in [3.8, 4) is 5.75 Å². The van der Waals surface area contributed by atoms with Crippen LogP contribution >= 0.6 is 11.6 Å². The molecule has 3 nitrogen and oxygen atoms in total. The molecule has 1 heterocycles. The fourth-order valence-corrected chi connectivity index (χ4v) is 2.79. The number of phenolic OH excluding ortho intramolecular Hbond substituents is 1. The molecule has 1 N–H and O–H groups in total. The lowest BCUT2D eigenvalue weighted by atomic mass is 9.98. The summed E-state index contributed by atoms with van der Waals surface area (Å²) in [5.41, 5.74) is 3.15. The Balaban J connectivity index is 2.18. The molecule has 0 radical (unpaired) electrons. The van der Waals surface area contributed by atoms with Crippen LogP contribution in [-0.4, -0.2) is 5.11 Å². The van der Waals surface area contributed by atoms with Gasteiger partial charge >= 0.3 is 5.63 Å². The molecule has 0 spiro atoms. The number of phenols is 1. The van der Waals surface area contributed by atoms with E-state index >= 15 is 0 Å². The Labute approximate surface area is 132 Å². The summed E-state index contributed by atoms with van der Waals surface area (Å²) in [4.78, 5) is 12.3. The van der Waals surface area contributed by atoms with Crippen LogP contribution in [0.25, 0.3) is 11.0 Å². The molecule has 0 atom stereocenters. The highest BCUT2D eigenvalue weighted by Crippen LogP contribution is 2.30. The summed E-state index contributed by atoms with van der Waals surface area (Å²) in [7, 11) is 0. The topological polar surface area (TPSA) is 50.4 Å². The monoisotopic (exact) mass is 314 g/mol. The molecular formula is C18H15ClO3. The van der Waals surface area contributed by atoms with E-state index in [9.17, 15) is 9.90 Å². The van der Waals surface area contributed by atoms with Crippen LogP contribution in [0.1, 0.15) is 22.3 Å². The third kappa shape index (κ3) is 2.60. The number of fused-ring (bicyclic) bond motifs is 1. The fourth-order valence-electron chi connectivity index (χ4n) is 2.67. The van der Waals surface area contributed by atoms with Crippen molar-refractivity contribution in [3.63, 3.8) is 0 Å². The van der Waals surface area contributed by atoms with E-state index in [1.54, 1.807) is 24.3 Å². The average molecular weight is 315 g/mol. The molecule has 22 heavy (non-hydrogen) atoms. The number of hydrogen-bond donors (Lipinski definition) is 1. The lowest BCUT2D eigenvalue weighted by Gasteiger charge is -2.10. The Hall–Kier alpha value is -2.26. The van der Waals surface area contributed by atoms with Gasteiger partial charge < -0.3 is 9.52 Å². The Morgan fingerprint density at radius 1 is 1.14 bits per heavy atom. The second kappa shape index (κ2) is 5.50. The quantitative estimate of drug-likeness (QED) is 0.715. The molecule has 0 saturated heterocycles. The molecule has 0 aliphatic rings. The SMILES string of the molecule is Cc1cc(O)c2c(C)c(Cc3ccc(Cl)cc3)c(=O)oc2c1. The molecule has 0 bridgehead atoms. The third-order valence-corrected chi connectivity index (χ3v) is 4.05. The van der Waals surface area contributed by atoms with Crippen molar-refractivity contribution in [1.82, 2.24) is 0 Å². The zero-order valence-corrected chi connectivity index (χ0v) is 13.1. The van der Waals surface area contributed by atoms with Crippen molar-refractivity contribution in [2.45, 2.75) is 20.3 Å². The highest BCUT2D eigenvalue weighted by molar-refractivity contribution is 6.30. The number of aromatic hydroxyl groups is 1. The summed E-state index contributed by atoms with van der Waals surface area (Å²) in [6.07, 6.45) is 0.439. The Morgan fingerprint density at radius 2 is 1.82 bits per heavy atom. The van der Waals surface area contributed by atoms with Crippen LogP contribution < -0.4 is 5.63 Å². The summed E-state index contributed by atoms with van der Waals surface area (Å²) in [5, 5.41) is 11.4. The summed E-state index contributed by atoms with van der Waals surface area (Å²) in [5.74, 6) is 0.133. The standard InChI is InChI=1S/C18H15ClO3/c1-10-7-15(20)17-11(2)14(18(21)22-16(17)8-10)9-12-3-5-13(19)6-4-12/h3-8,20H,9H2,1-2H3. The van der Waals surface area contributed by atoms with Gasteiger partial charge in [0.15, 0.2) is 0 Å². The molecule has 0 aliphatic heterocycles. The number of benzene rings is 2. The maximum absolute atomic E-state index is 12.3. The summed E-state index contributed by atoms with van der Waals surface area (Å²) >= 11 is 5.88. The lowest BCUT2D eigenvalue weighted by Crippen LogP contribution is -2.11. The highest BCUT2D eigenvalue weighted by Gasteiger charge is 2.15. The second-order valence-electron chi connectivity index (χ2n) is 5.45. The normalized spacial score (nSPS) is 11.0. The van der Waals surface area contributed by atoms with Gasteiger partial charge in [-0.3, -0.25) is 0 Å². The molecule has 0 saturated carbocycles. The molecule has 4 heteroatoms. The van der Waals surface area contributed by atoms with Crippen LogP contribution in [0.5, 0.6) is 5.75 Å². The minimum Gasteiger partial charge on any atom is -0.507 e. The van der Waals surface area contributed by atoms with Gasteiger partial charge in [-0.15, -0.1) is 0 Å². The first-order chi connectivity index (χ1) is 10.5. The van der Waals surface area contributed by atoms with Crippen molar-refractivity contribution in [2.75, 3.05) is 0 Å². The van der Waals surface area contributed by atoms with Crippen LogP contribution in [-0.2, 0) is 6.42 Å². The predicted octanol–water partition coefficient (Wildman–Crippen LogP) is 4.36. The van der Waals surface area contributed by atoms with Gasteiger partial charge in [0.1, 0.15) is 11.3 Å². The molecular weight excluding hydrogens is 300 g/mol. The minimum atomic E-state index is -0.370. The van der Waals surface area contributed by atoms with E-state index in [4.69, 9.17) is 16.0 Å². The van der Waals surface area contributed by atoms with Crippen molar-refractivity contribution in [3.05, 3.63) is 74.1 Å². The summed E-state index contributed by atoms with van der Waals surface area (Å²) < 4.78 is 5.39. The van der Waals surface area contributed by atoms with Gasteiger partial charge in [-0.25, -0.2) is 4.79 Å². The zero-order chi connectivity index (χ0) is 15.9. The van der Waals surface area contributed by atoms with E-state index in [-0.39, 0.29) is 11.4 Å². The molecule has 112 valence electrons. The molecule has 0 unspecified atom stereocenters. The molecule has 0 amide bonds. The largest absolute Gasteiger partial charge is 0.507 e. The summed E-state index contributed by atoms with van der Waals surface area (Å²) in [6.45, 7) is 3.68. The van der Waals surface area contributed by atoms with Crippen molar-refractivity contribution < 1.29 is 9.52 Å². The van der Waals surface area contributed by atoms with E-state index in [1.165, 1.54) is 0 Å². The Bertz CT molecular complexity index is 908. The predicted molar refractivity (Wildman–Crippen MR) is 87.9 cm³/mol. The maximum Gasteiger partial charge on any atom is 0.340 e. The van der Waals surface area contributed by atoms with Gasteiger partial charge in [-0.05, 0) is 54.8 Å². The number of hydrogen-bond acceptors (Lipinski definition) is 3. The van der Waals surface area contributed by atoms with Crippen LogP contribution in [0, 0.1) is 13.8 Å². The first-order valence-corrected chi connectivity index (χ1v) is 7.34. The zero-order valence-electron chi connectivity index (χ0n) is 12.3. The number of rotatable bonds is 2. The number of aryl methyl sites for hydroxylation is 2. The highest BCUT2D eigenvalue weighted by atomic mass is 35.5. The Kier molecular flexibility index (Phi) is 3.67. The van der Waals surface area contributed by atoms with E-state index in [2.05, 4.69) is 0 Å². The van der Waals surface area contributed by atoms with Crippen LogP contribution in [0.4, 0.5) is 0 Å². The first-order valence-electron chi connectivity index (χ1n) is 6.96. The van der Waals surface area contributed by atoms with E-state index < -0.39 is 0 Å². The van der Waals surface area contributed by atoms with Crippen LogP contribution in [0.15, 0.2) is 45.6 Å². The third-order valence-electron chi connectivity index (χ3n) is 3.80. The molecule has 1 aromatic heterocycles. The maximum atomic E-state index is 12.3. The molecule has 0 aliphatic carbocycles. The number of halogens is 1. The van der Waals surface area contributed by atoms with Gasteiger partial charge in [-0.1, -0.05) is 23.7 Å². The van der Waals surface area contributed by atoms with Crippen molar-refractivity contribution in [2.24, 2.45) is 0 Å². The van der Waals surface area contributed by atoms with Gasteiger partial charge in [0.05, 0.1) is 5.39 Å². The van der Waals surface area contributed by atoms with E-state index in [1.807, 2.05) is 26.0 Å². The van der Waals surface area contributed by atoms with E-state index in [0.29, 0.717) is 28.0 Å². The molecule has 3 aromatic rings. The lowest BCUT2D eigenvalue weighted by molar-refractivity contribution is 0.477. The summed E-state index contributed by atoms with van der Waals surface area (Å²) in [6, 6.07) is 10.8. The second-order valence-corrected chi connectivity index (χ2v) is 5.89. The Morgan fingerprint density at radius 3 is 2.50 bits per heavy atom. The fraction of sp³-hybridized carbons (Fsp3) is 0.167.